The first-order valence-corrected chi connectivity index (χ1v) is 4.11. The second-order valence-corrected chi connectivity index (χ2v) is 2.75. The Balaban J connectivity index is 2.57. The summed E-state index contributed by atoms with van der Waals surface area (Å²) in [5.41, 5.74) is 4.00. The fraction of sp³-hybridized carbons (Fsp3) is 0.111. The number of nitrogens with two attached hydrogens (primary N) is 1. The molecule has 0 aliphatic carbocycles. The average Bonchev–Trinajstić information content (AvgIpc) is 2.27. The highest BCUT2D eigenvalue weighted by molar-refractivity contribution is 5.77. The van der Waals surface area contributed by atoms with Crippen LogP contribution in [0, 0.1) is 0 Å². The number of hydrazine groups is 1. The lowest BCUT2D eigenvalue weighted by Gasteiger charge is -2.02. The molecule has 2 aromatic rings. The molecule has 0 atom stereocenters. The van der Waals surface area contributed by atoms with Crippen molar-refractivity contribution in [3.05, 3.63) is 24.4 Å². The second kappa shape index (κ2) is 3.47. The number of ether oxygens (including phenoxy) is 1. The maximum absolute atomic E-state index is 5.22. The van der Waals surface area contributed by atoms with Crippen LogP contribution in [0.4, 0.5) is 5.82 Å². The van der Waals surface area contributed by atoms with Crippen molar-refractivity contribution in [3.8, 4) is 5.75 Å². The minimum Gasteiger partial charge on any atom is -0.497 e. The van der Waals surface area contributed by atoms with Gasteiger partial charge in [-0.25, -0.2) is 10.8 Å². The first kappa shape index (κ1) is 8.71. The van der Waals surface area contributed by atoms with E-state index in [2.05, 4.69) is 15.4 Å². The van der Waals surface area contributed by atoms with Crippen molar-refractivity contribution in [2.24, 2.45) is 5.84 Å². The van der Waals surface area contributed by atoms with Gasteiger partial charge in [-0.05, 0) is 12.1 Å². The number of benzene rings is 1. The second-order valence-electron chi connectivity index (χ2n) is 2.75. The largest absolute Gasteiger partial charge is 0.497 e. The fourth-order valence-electron chi connectivity index (χ4n) is 1.19. The SMILES string of the molecule is COc1ccc2nc(NN)cnc2c1. The van der Waals surface area contributed by atoms with E-state index in [-0.39, 0.29) is 0 Å². The van der Waals surface area contributed by atoms with E-state index in [9.17, 15) is 0 Å². The van der Waals surface area contributed by atoms with Crippen molar-refractivity contribution >= 4 is 16.9 Å². The number of nitrogen functional groups attached to an aromatic ring is 1. The van der Waals surface area contributed by atoms with Gasteiger partial charge in [-0.3, -0.25) is 4.98 Å². The van der Waals surface area contributed by atoms with Crippen molar-refractivity contribution in [2.75, 3.05) is 12.5 Å². The third-order valence-electron chi connectivity index (χ3n) is 1.90. The predicted molar refractivity (Wildman–Crippen MR) is 53.9 cm³/mol. The Morgan fingerprint density at radius 1 is 1.36 bits per heavy atom. The van der Waals surface area contributed by atoms with Crippen LogP contribution in [0.3, 0.4) is 0 Å². The van der Waals surface area contributed by atoms with E-state index in [0.29, 0.717) is 5.82 Å². The third-order valence-corrected chi connectivity index (χ3v) is 1.90. The van der Waals surface area contributed by atoms with Gasteiger partial charge in [0.1, 0.15) is 5.75 Å². The molecule has 14 heavy (non-hydrogen) atoms. The maximum atomic E-state index is 5.22. The summed E-state index contributed by atoms with van der Waals surface area (Å²) in [7, 11) is 1.62. The summed E-state index contributed by atoms with van der Waals surface area (Å²) in [5.74, 6) is 6.53. The standard InChI is InChI=1S/C9H10N4O/c1-14-6-2-3-7-8(4-6)11-5-9(12-7)13-10/h2-5H,10H2,1H3,(H,12,13). The molecule has 3 N–H and O–H groups in total. The summed E-state index contributed by atoms with van der Waals surface area (Å²) in [6.07, 6.45) is 1.57. The van der Waals surface area contributed by atoms with Crippen molar-refractivity contribution in [3.63, 3.8) is 0 Å². The molecule has 2 rings (SSSR count). The highest BCUT2D eigenvalue weighted by atomic mass is 16.5. The van der Waals surface area contributed by atoms with Crippen molar-refractivity contribution in [1.29, 1.82) is 0 Å². The van der Waals surface area contributed by atoms with Crippen molar-refractivity contribution < 1.29 is 4.74 Å². The predicted octanol–water partition coefficient (Wildman–Crippen LogP) is 0.924. The molecular weight excluding hydrogens is 180 g/mol. The van der Waals surface area contributed by atoms with Crippen LogP contribution < -0.4 is 16.0 Å². The number of rotatable bonds is 2. The van der Waals surface area contributed by atoms with Gasteiger partial charge in [0, 0.05) is 6.07 Å². The van der Waals surface area contributed by atoms with Crippen LogP contribution in [-0.4, -0.2) is 17.1 Å². The molecule has 0 saturated heterocycles. The number of anilines is 1. The number of aromatic nitrogens is 2. The van der Waals surface area contributed by atoms with Gasteiger partial charge in [0.15, 0.2) is 5.82 Å². The minimum absolute atomic E-state index is 0.544. The Kier molecular flexibility index (Phi) is 2.16. The lowest BCUT2D eigenvalue weighted by Crippen LogP contribution is -2.08. The van der Waals surface area contributed by atoms with E-state index in [1.165, 1.54) is 0 Å². The molecule has 72 valence electrons. The van der Waals surface area contributed by atoms with E-state index in [0.717, 1.165) is 16.8 Å². The van der Waals surface area contributed by atoms with Gasteiger partial charge in [0.25, 0.3) is 0 Å². The normalized spacial score (nSPS) is 10.1. The van der Waals surface area contributed by atoms with Crippen LogP contribution in [0.1, 0.15) is 0 Å². The number of hydrogen-bond acceptors (Lipinski definition) is 5. The van der Waals surface area contributed by atoms with Gasteiger partial charge in [-0.15, -0.1) is 0 Å². The first-order chi connectivity index (χ1) is 6.83. The van der Waals surface area contributed by atoms with Gasteiger partial charge in [0.05, 0.1) is 24.3 Å². The summed E-state index contributed by atoms with van der Waals surface area (Å²) in [6, 6.07) is 5.49. The molecule has 1 heterocycles. The summed E-state index contributed by atoms with van der Waals surface area (Å²) in [5, 5.41) is 0. The highest BCUT2D eigenvalue weighted by Crippen LogP contribution is 2.18. The Morgan fingerprint density at radius 3 is 2.93 bits per heavy atom. The molecule has 1 aromatic heterocycles. The molecular formula is C9H10N4O. The zero-order valence-corrected chi connectivity index (χ0v) is 7.69. The Morgan fingerprint density at radius 2 is 2.21 bits per heavy atom. The molecule has 0 unspecified atom stereocenters. The molecule has 0 fully saturated rings. The monoisotopic (exact) mass is 190 g/mol. The number of nitrogens with zero attached hydrogens (tertiary/aromatic N) is 2. The molecule has 5 heteroatoms. The smallest absolute Gasteiger partial charge is 0.159 e. The summed E-state index contributed by atoms with van der Waals surface area (Å²) in [6.45, 7) is 0. The van der Waals surface area contributed by atoms with Gasteiger partial charge in [-0.2, -0.15) is 0 Å². The lowest BCUT2D eigenvalue weighted by atomic mass is 10.3. The topological polar surface area (TPSA) is 73.1 Å². The quantitative estimate of drug-likeness (QED) is 0.544. The van der Waals surface area contributed by atoms with Crippen LogP contribution in [-0.2, 0) is 0 Å². The zero-order valence-electron chi connectivity index (χ0n) is 7.69. The summed E-state index contributed by atoms with van der Waals surface area (Å²) >= 11 is 0. The summed E-state index contributed by atoms with van der Waals surface area (Å²) < 4.78 is 5.07. The number of fused-ring (bicyclic) bond motifs is 1. The van der Waals surface area contributed by atoms with Crippen LogP contribution in [0.15, 0.2) is 24.4 Å². The molecule has 5 nitrogen and oxygen atoms in total. The summed E-state index contributed by atoms with van der Waals surface area (Å²) in [4.78, 5) is 8.39. The Bertz CT molecular complexity index is 414. The van der Waals surface area contributed by atoms with E-state index in [1.807, 2.05) is 18.2 Å². The lowest BCUT2D eigenvalue weighted by molar-refractivity contribution is 0.415. The zero-order chi connectivity index (χ0) is 9.97. The molecule has 0 saturated carbocycles. The first-order valence-electron chi connectivity index (χ1n) is 4.11. The number of methoxy groups -OCH3 is 1. The molecule has 0 spiro atoms. The molecule has 0 aliphatic heterocycles. The molecule has 0 radical (unpaired) electrons. The number of nitrogens with one attached hydrogen (secondary N) is 1. The Hall–Kier alpha value is -1.88. The van der Waals surface area contributed by atoms with Crippen molar-refractivity contribution in [1.82, 2.24) is 9.97 Å². The molecule has 0 amide bonds. The van der Waals surface area contributed by atoms with Crippen LogP contribution >= 0.6 is 0 Å². The van der Waals surface area contributed by atoms with E-state index >= 15 is 0 Å². The molecule has 0 aliphatic rings. The van der Waals surface area contributed by atoms with E-state index in [1.54, 1.807) is 13.3 Å². The third kappa shape index (κ3) is 1.45. The van der Waals surface area contributed by atoms with Gasteiger partial charge < -0.3 is 10.2 Å². The minimum atomic E-state index is 0.544. The average molecular weight is 190 g/mol. The highest BCUT2D eigenvalue weighted by Gasteiger charge is 1.99. The van der Waals surface area contributed by atoms with E-state index in [4.69, 9.17) is 10.6 Å². The fourth-order valence-corrected chi connectivity index (χ4v) is 1.19. The molecule has 0 bridgehead atoms. The van der Waals surface area contributed by atoms with Crippen LogP contribution in [0.5, 0.6) is 5.75 Å². The molecule has 1 aromatic carbocycles. The van der Waals surface area contributed by atoms with Crippen LogP contribution in [0.25, 0.3) is 11.0 Å². The van der Waals surface area contributed by atoms with Gasteiger partial charge in [0.2, 0.25) is 0 Å². The van der Waals surface area contributed by atoms with Crippen LogP contribution in [0.2, 0.25) is 0 Å². The van der Waals surface area contributed by atoms with Gasteiger partial charge in [-0.1, -0.05) is 0 Å². The van der Waals surface area contributed by atoms with Gasteiger partial charge >= 0.3 is 0 Å². The van der Waals surface area contributed by atoms with Crippen molar-refractivity contribution in [2.45, 2.75) is 0 Å². The van der Waals surface area contributed by atoms with E-state index < -0.39 is 0 Å². The number of hydrogen-bond donors (Lipinski definition) is 2. The Labute approximate surface area is 80.9 Å². The maximum Gasteiger partial charge on any atom is 0.159 e.